The highest BCUT2D eigenvalue weighted by Gasteiger charge is 2.28. The van der Waals surface area contributed by atoms with Crippen LogP contribution in [0.4, 0.5) is 0 Å². The predicted octanol–water partition coefficient (Wildman–Crippen LogP) is 5.92. The van der Waals surface area contributed by atoms with Crippen molar-refractivity contribution in [3.8, 4) is 0 Å². The number of ketones is 2. The van der Waals surface area contributed by atoms with Crippen LogP contribution in [0.2, 0.25) is 0 Å². The molecule has 0 aliphatic carbocycles. The minimum absolute atomic E-state index is 0.0203. The van der Waals surface area contributed by atoms with Gasteiger partial charge in [0.25, 0.3) is 0 Å². The van der Waals surface area contributed by atoms with Gasteiger partial charge in [-0.2, -0.15) is 0 Å². The molecule has 254 valence electrons. The molecule has 0 spiro atoms. The number of aryl methyl sites for hydroxylation is 2. The van der Waals surface area contributed by atoms with Gasteiger partial charge in [-0.1, -0.05) is 104 Å². The number of sulfone groups is 1. The van der Waals surface area contributed by atoms with Gasteiger partial charge < -0.3 is 11.1 Å². The Morgan fingerprint density at radius 3 is 2.00 bits per heavy atom. The molecule has 1 amide bonds. The number of amides is 1. The Kier molecular flexibility index (Phi) is 13.8. The number of carbonyl (C=O) groups excluding carboxylic acids is 3. The molecule has 2 atom stereocenters. The third-order valence-corrected chi connectivity index (χ3v) is 9.80. The summed E-state index contributed by atoms with van der Waals surface area (Å²) in [6.07, 6.45) is 8.07. The molecule has 0 radical (unpaired) electrons. The van der Waals surface area contributed by atoms with Crippen molar-refractivity contribution in [2.24, 2.45) is 11.7 Å². The number of Topliss-reactive ketones (excluding diaryl/α,β-unsaturated/α-hetero) is 2. The highest BCUT2D eigenvalue weighted by Crippen LogP contribution is 2.17. The second-order valence-corrected chi connectivity index (χ2v) is 14.2. The second-order valence-electron chi connectivity index (χ2n) is 12.1. The number of hydrogen-bond donors (Lipinski definition) is 2. The Morgan fingerprint density at radius 1 is 0.776 bits per heavy atom. The molecule has 3 aromatic carbocycles. The number of rotatable bonds is 19. The first-order valence-corrected chi connectivity index (χ1v) is 18.1. The van der Waals surface area contributed by atoms with Crippen LogP contribution >= 0.6 is 0 Å². The molecule has 8 nitrogen and oxygen atoms in total. The lowest BCUT2D eigenvalue weighted by atomic mass is 9.96. The fraction of sp³-hybridized carbons (Fsp3) is 0.250. The molecule has 0 saturated carbocycles. The fourth-order valence-corrected chi connectivity index (χ4v) is 6.99. The molecule has 1 heterocycles. The van der Waals surface area contributed by atoms with Crippen LogP contribution in [0.25, 0.3) is 11.8 Å². The van der Waals surface area contributed by atoms with Crippen LogP contribution in [0.3, 0.4) is 0 Å². The standard InChI is InChI=1S/C40H43N3O5S/c1-30(41)35-17-12-32(13-18-35)16-23-39(45)38(22-21-37(44)20-15-31-8-4-2-5-9-31)43-40(46)36(19-14-33-24-26-42-27-25-33)29-49(47,48)28-34-10-6-3-7-11-34/h2-14,17-19,24-27,36,38H,1,15-16,20-23,28-29,41H2,(H,43,46)/b19-14+/t36-,38-/m0/s1. The summed E-state index contributed by atoms with van der Waals surface area (Å²) < 4.78 is 26.7. The van der Waals surface area contributed by atoms with Crippen molar-refractivity contribution in [3.63, 3.8) is 0 Å². The zero-order valence-corrected chi connectivity index (χ0v) is 28.4. The summed E-state index contributed by atoms with van der Waals surface area (Å²) in [7, 11) is -3.73. The average molecular weight is 678 g/mol. The molecular formula is C40H43N3O5S. The molecule has 49 heavy (non-hydrogen) atoms. The van der Waals surface area contributed by atoms with Gasteiger partial charge in [0.05, 0.1) is 23.5 Å². The maximum absolute atomic E-state index is 13.8. The number of nitrogens with two attached hydrogens (primary N) is 1. The highest BCUT2D eigenvalue weighted by atomic mass is 32.2. The Balaban J connectivity index is 1.50. The number of carbonyl (C=O) groups is 3. The zero-order valence-electron chi connectivity index (χ0n) is 27.5. The van der Waals surface area contributed by atoms with Gasteiger partial charge in [0.1, 0.15) is 5.78 Å². The molecule has 4 rings (SSSR count). The van der Waals surface area contributed by atoms with Crippen molar-refractivity contribution in [1.82, 2.24) is 10.3 Å². The van der Waals surface area contributed by atoms with Crippen LogP contribution < -0.4 is 11.1 Å². The van der Waals surface area contributed by atoms with Gasteiger partial charge in [-0.3, -0.25) is 19.4 Å². The van der Waals surface area contributed by atoms with Crippen LogP contribution in [0.15, 0.2) is 122 Å². The van der Waals surface area contributed by atoms with Crippen molar-refractivity contribution in [3.05, 3.63) is 150 Å². The van der Waals surface area contributed by atoms with E-state index >= 15 is 0 Å². The fourth-order valence-electron chi connectivity index (χ4n) is 5.36. The SMILES string of the molecule is C=C(N)c1ccc(CCC(=O)[C@H](CCC(=O)CCc2ccccc2)NC(=O)[C@@H](/C=C/c2ccncc2)CS(=O)(=O)Cc2ccccc2)cc1. The third kappa shape index (κ3) is 12.8. The lowest BCUT2D eigenvalue weighted by molar-refractivity contribution is -0.129. The zero-order chi connectivity index (χ0) is 35.1. The normalized spacial score (nSPS) is 12.7. The van der Waals surface area contributed by atoms with Crippen LogP contribution in [0.1, 0.15) is 53.5 Å². The summed E-state index contributed by atoms with van der Waals surface area (Å²) in [6, 6.07) is 28.4. The first kappa shape index (κ1) is 36.7. The van der Waals surface area contributed by atoms with E-state index in [-0.39, 0.29) is 36.6 Å². The summed E-state index contributed by atoms with van der Waals surface area (Å²) in [5.74, 6) is -2.61. The second kappa shape index (κ2) is 18.4. The van der Waals surface area contributed by atoms with E-state index in [1.54, 1.807) is 67.0 Å². The van der Waals surface area contributed by atoms with Crippen LogP contribution in [-0.4, -0.2) is 42.7 Å². The van der Waals surface area contributed by atoms with Crippen LogP contribution in [-0.2, 0) is 42.8 Å². The van der Waals surface area contributed by atoms with Crippen LogP contribution in [0, 0.1) is 5.92 Å². The van der Waals surface area contributed by atoms with E-state index in [2.05, 4.69) is 16.9 Å². The van der Waals surface area contributed by atoms with Gasteiger partial charge in [-0.25, -0.2) is 8.42 Å². The van der Waals surface area contributed by atoms with E-state index in [0.29, 0.717) is 30.5 Å². The van der Waals surface area contributed by atoms with Crippen LogP contribution in [0.5, 0.6) is 0 Å². The summed E-state index contributed by atoms with van der Waals surface area (Å²) in [5.41, 5.74) is 10.3. The van der Waals surface area contributed by atoms with Gasteiger partial charge in [0, 0.05) is 37.4 Å². The Bertz CT molecular complexity index is 1830. The summed E-state index contributed by atoms with van der Waals surface area (Å²) in [4.78, 5) is 44.4. The molecule has 0 fully saturated rings. The van der Waals surface area contributed by atoms with Crippen molar-refractivity contribution in [2.75, 3.05) is 5.75 Å². The Labute approximate surface area is 289 Å². The number of hydrogen-bond acceptors (Lipinski definition) is 7. The van der Waals surface area contributed by atoms with Gasteiger partial charge in [-0.05, 0) is 59.2 Å². The largest absolute Gasteiger partial charge is 0.399 e. The van der Waals surface area contributed by atoms with E-state index in [1.807, 2.05) is 54.6 Å². The minimum atomic E-state index is -3.73. The van der Waals surface area contributed by atoms with Crippen molar-refractivity contribution in [2.45, 2.75) is 50.3 Å². The van der Waals surface area contributed by atoms with Crippen molar-refractivity contribution in [1.29, 1.82) is 0 Å². The summed E-state index contributed by atoms with van der Waals surface area (Å²) >= 11 is 0. The Morgan fingerprint density at radius 2 is 1.37 bits per heavy atom. The molecular weight excluding hydrogens is 635 g/mol. The number of nitrogens with one attached hydrogen (secondary N) is 1. The molecule has 3 N–H and O–H groups in total. The molecule has 0 bridgehead atoms. The lowest BCUT2D eigenvalue weighted by Crippen LogP contribution is -2.45. The van der Waals surface area contributed by atoms with Gasteiger partial charge in [0.2, 0.25) is 5.91 Å². The monoisotopic (exact) mass is 677 g/mol. The average Bonchev–Trinajstić information content (AvgIpc) is 3.11. The van der Waals surface area contributed by atoms with Crippen molar-refractivity contribution >= 4 is 39.1 Å². The molecule has 0 aliphatic rings. The number of nitrogens with zero attached hydrogens (tertiary/aromatic N) is 1. The highest BCUT2D eigenvalue weighted by molar-refractivity contribution is 7.90. The van der Waals surface area contributed by atoms with E-state index in [9.17, 15) is 22.8 Å². The topological polar surface area (TPSA) is 136 Å². The quantitative estimate of drug-likeness (QED) is 0.126. The minimum Gasteiger partial charge on any atom is -0.399 e. The molecule has 9 heteroatoms. The van der Waals surface area contributed by atoms with E-state index in [1.165, 1.54) is 0 Å². The van der Waals surface area contributed by atoms with Crippen molar-refractivity contribution < 1.29 is 22.8 Å². The summed E-state index contributed by atoms with van der Waals surface area (Å²) in [5, 5.41) is 2.83. The lowest BCUT2D eigenvalue weighted by Gasteiger charge is -2.21. The number of aromatic nitrogens is 1. The number of pyridine rings is 1. The maximum Gasteiger partial charge on any atom is 0.228 e. The van der Waals surface area contributed by atoms with Gasteiger partial charge >= 0.3 is 0 Å². The first-order valence-electron chi connectivity index (χ1n) is 16.3. The Hall–Kier alpha value is -5.15. The number of benzene rings is 3. The van der Waals surface area contributed by atoms with E-state index in [4.69, 9.17) is 5.73 Å². The third-order valence-electron chi connectivity index (χ3n) is 8.16. The smallest absolute Gasteiger partial charge is 0.228 e. The van der Waals surface area contributed by atoms with E-state index in [0.717, 1.165) is 22.3 Å². The molecule has 0 saturated heterocycles. The van der Waals surface area contributed by atoms with E-state index < -0.39 is 33.5 Å². The molecule has 1 aromatic heterocycles. The maximum atomic E-state index is 13.8. The first-order chi connectivity index (χ1) is 23.6. The molecule has 4 aromatic rings. The van der Waals surface area contributed by atoms with Gasteiger partial charge in [0.15, 0.2) is 15.6 Å². The molecule has 0 aliphatic heterocycles. The molecule has 0 unspecified atom stereocenters. The van der Waals surface area contributed by atoms with Gasteiger partial charge in [-0.15, -0.1) is 0 Å². The predicted molar refractivity (Wildman–Crippen MR) is 195 cm³/mol. The summed E-state index contributed by atoms with van der Waals surface area (Å²) in [6.45, 7) is 3.74.